The van der Waals surface area contributed by atoms with Crippen LogP contribution in [0.4, 0.5) is 17.6 Å². The van der Waals surface area contributed by atoms with E-state index in [-0.39, 0.29) is 17.0 Å². The van der Waals surface area contributed by atoms with Crippen molar-refractivity contribution in [2.75, 3.05) is 7.11 Å². The summed E-state index contributed by atoms with van der Waals surface area (Å²) in [6.45, 7) is 4.32. The van der Waals surface area contributed by atoms with E-state index in [1.54, 1.807) is 12.1 Å². The molecule has 8 heteroatoms. The largest absolute Gasteiger partial charge is 0.496 e. The summed E-state index contributed by atoms with van der Waals surface area (Å²) < 4.78 is 63.0. The van der Waals surface area contributed by atoms with Crippen LogP contribution < -0.4 is 4.74 Å². The predicted octanol–water partition coefficient (Wildman–Crippen LogP) is 5.01. The highest BCUT2D eigenvalue weighted by atomic mass is 19.4. The summed E-state index contributed by atoms with van der Waals surface area (Å²) in [5, 5.41) is 11.6. The van der Waals surface area contributed by atoms with Gasteiger partial charge in [-0.25, -0.2) is 9.37 Å². The van der Waals surface area contributed by atoms with Gasteiger partial charge >= 0.3 is 6.18 Å². The Morgan fingerprint density at radius 3 is 2.45 bits per heavy atom. The summed E-state index contributed by atoms with van der Waals surface area (Å²) in [6.07, 6.45) is -2.50. The normalized spacial score (nSPS) is 15.9. The molecule has 0 amide bonds. The summed E-state index contributed by atoms with van der Waals surface area (Å²) in [7, 11) is 1.36. The maximum atomic E-state index is 14.3. The smallest absolute Gasteiger partial charge is 0.437 e. The maximum absolute atomic E-state index is 14.3. The first kappa shape index (κ1) is 21.1. The molecule has 29 heavy (non-hydrogen) atoms. The second-order valence-electron chi connectivity index (χ2n) is 7.61. The molecular weight excluding hydrogens is 388 g/mol. The Balaban J connectivity index is 2.24. The van der Waals surface area contributed by atoms with Crippen molar-refractivity contribution in [2.24, 2.45) is 5.92 Å². The van der Waals surface area contributed by atoms with Gasteiger partial charge in [0.25, 0.3) is 0 Å². The Morgan fingerprint density at radius 1 is 1.14 bits per heavy atom. The van der Waals surface area contributed by atoms with Gasteiger partial charge in [-0.1, -0.05) is 20.8 Å². The fourth-order valence-electron chi connectivity index (χ4n) is 3.75. The molecule has 3 rings (SSSR count). The minimum atomic E-state index is -5.03. The molecule has 0 fully saturated rings. The first-order valence-electron chi connectivity index (χ1n) is 9.00. The molecular formula is C21H22F4N2O2. The van der Waals surface area contributed by atoms with Crippen molar-refractivity contribution < 1.29 is 27.4 Å². The van der Waals surface area contributed by atoms with Crippen molar-refractivity contribution in [3.05, 3.63) is 60.2 Å². The minimum Gasteiger partial charge on any atom is -0.496 e. The van der Waals surface area contributed by atoms with Gasteiger partial charge in [0.1, 0.15) is 17.2 Å². The Kier molecular flexibility index (Phi) is 5.11. The van der Waals surface area contributed by atoms with Gasteiger partial charge in [0.15, 0.2) is 0 Å². The SMILES string of the molecule is COc1ccc(F)cc1C(C)(C)C(C)C(O)(n1ccc2cccnc21)C(F)(F)F. The first-order valence-corrected chi connectivity index (χ1v) is 9.00. The van der Waals surface area contributed by atoms with Gasteiger partial charge in [-0.15, -0.1) is 0 Å². The molecule has 0 aliphatic rings. The monoisotopic (exact) mass is 410 g/mol. The molecule has 4 nitrogen and oxygen atoms in total. The summed E-state index contributed by atoms with van der Waals surface area (Å²) in [6, 6.07) is 8.34. The van der Waals surface area contributed by atoms with E-state index in [1.165, 1.54) is 58.5 Å². The third-order valence-corrected chi connectivity index (χ3v) is 5.77. The highest BCUT2D eigenvalue weighted by molar-refractivity contribution is 5.76. The van der Waals surface area contributed by atoms with E-state index in [4.69, 9.17) is 4.74 Å². The van der Waals surface area contributed by atoms with Crippen molar-refractivity contribution in [3.8, 4) is 5.75 Å². The number of benzene rings is 1. The van der Waals surface area contributed by atoms with Gasteiger partial charge in [0.05, 0.1) is 7.11 Å². The quantitative estimate of drug-likeness (QED) is 0.602. The van der Waals surface area contributed by atoms with E-state index in [9.17, 15) is 22.7 Å². The van der Waals surface area contributed by atoms with Crippen LogP contribution in [0.2, 0.25) is 0 Å². The van der Waals surface area contributed by atoms with Gasteiger partial charge in [-0.05, 0) is 36.4 Å². The third kappa shape index (κ3) is 3.25. The van der Waals surface area contributed by atoms with Crippen LogP contribution in [0, 0.1) is 11.7 Å². The number of aromatic nitrogens is 2. The zero-order valence-electron chi connectivity index (χ0n) is 16.5. The zero-order valence-corrected chi connectivity index (χ0v) is 16.5. The van der Waals surface area contributed by atoms with E-state index >= 15 is 0 Å². The van der Waals surface area contributed by atoms with Gasteiger partial charge in [-0.3, -0.25) is 4.57 Å². The molecule has 0 bridgehead atoms. The summed E-state index contributed by atoms with van der Waals surface area (Å²) in [4.78, 5) is 4.02. The predicted molar refractivity (Wildman–Crippen MR) is 101 cm³/mol. The second kappa shape index (κ2) is 7.02. The molecule has 1 N–H and O–H groups in total. The van der Waals surface area contributed by atoms with Crippen molar-refractivity contribution in [1.29, 1.82) is 0 Å². The van der Waals surface area contributed by atoms with Crippen LogP contribution in [0.15, 0.2) is 48.8 Å². The van der Waals surface area contributed by atoms with Crippen LogP contribution in [0.1, 0.15) is 26.3 Å². The summed E-state index contributed by atoms with van der Waals surface area (Å²) in [5.74, 6) is -1.81. The lowest BCUT2D eigenvalue weighted by molar-refractivity contribution is -0.324. The fraction of sp³-hybridized carbons (Fsp3) is 0.381. The number of nitrogens with zero attached hydrogens (tertiary/aromatic N) is 2. The highest BCUT2D eigenvalue weighted by Crippen LogP contribution is 2.50. The Hall–Kier alpha value is -2.61. The van der Waals surface area contributed by atoms with Gasteiger partial charge in [0, 0.05) is 34.7 Å². The number of alkyl halides is 3. The molecule has 0 spiro atoms. The average molecular weight is 410 g/mol. The van der Waals surface area contributed by atoms with Gasteiger partial charge < -0.3 is 9.84 Å². The number of rotatable bonds is 5. The van der Waals surface area contributed by atoms with Crippen LogP contribution >= 0.6 is 0 Å². The fourth-order valence-corrected chi connectivity index (χ4v) is 3.75. The first-order chi connectivity index (χ1) is 13.4. The highest BCUT2D eigenvalue weighted by Gasteiger charge is 2.62. The van der Waals surface area contributed by atoms with Crippen molar-refractivity contribution in [2.45, 2.75) is 38.1 Å². The number of hydrogen-bond acceptors (Lipinski definition) is 3. The number of fused-ring (bicyclic) bond motifs is 1. The van der Waals surface area contributed by atoms with Crippen LogP contribution in [0.5, 0.6) is 5.75 Å². The van der Waals surface area contributed by atoms with E-state index in [0.717, 1.165) is 10.6 Å². The van der Waals surface area contributed by atoms with E-state index in [0.29, 0.717) is 5.39 Å². The number of halogens is 4. The average Bonchev–Trinajstić information content (AvgIpc) is 3.10. The van der Waals surface area contributed by atoms with Crippen molar-refractivity contribution in [1.82, 2.24) is 9.55 Å². The molecule has 0 radical (unpaired) electrons. The second-order valence-corrected chi connectivity index (χ2v) is 7.61. The van der Waals surface area contributed by atoms with Crippen LogP contribution in [0.3, 0.4) is 0 Å². The topological polar surface area (TPSA) is 47.3 Å². The molecule has 3 aromatic rings. The number of ether oxygens (including phenoxy) is 1. The lowest BCUT2D eigenvalue weighted by Gasteiger charge is -2.45. The van der Waals surface area contributed by atoms with Gasteiger partial charge in [0.2, 0.25) is 5.72 Å². The van der Waals surface area contributed by atoms with Crippen LogP contribution in [-0.4, -0.2) is 27.9 Å². The molecule has 0 saturated heterocycles. The molecule has 0 aliphatic heterocycles. The number of pyridine rings is 1. The van der Waals surface area contributed by atoms with E-state index < -0.39 is 29.1 Å². The molecule has 2 atom stereocenters. The lowest BCUT2D eigenvalue weighted by Crippen LogP contribution is -2.57. The molecule has 1 aromatic carbocycles. The van der Waals surface area contributed by atoms with Crippen LogP contribution in [-0.2, 0) is 11.1 Å². The van der Waals surface area contributed by atoms with Crippen molar-refractivity contribution in [3.63, 3.8) is 0 Å². The standard InChI is InChI=1S/C21H22F4N2O2/c1-13(19(2,3)16-12-15(22)7-8-17(16)29-4)20(28,21(23,24)25)27-11-9-14-6-5-10-26-18(14)27/h5-13,28H,1-4H3. The Labute approximate surface area is 165 Å². The summed E-state index contributed by atoms with van der Waals surface area (Å²) in [5.41, 5.74) is -4.41. The van der Waals surface area contributed by atoms with E-state index in [2.05, 4.69) is 4.98 Å². The molecule has 2 unspecified atom stereocenters. The molecule has 0 aliphatic carbocycles. The van der Waals surface area contributed by atoms with E-state index in [1.807, 2.05) is 0 Å². The summed E-state index contributed by atoms with van der Waals surface area (Å²) >= 11 is 0. The molecule has 2 aromatic heterocycles. The zero-order chi connectivity index (χ0) is 21.6. The number of methoxy groups -OCH3 is 1. The van der Waals surface area contributed by atoms with Crippen molar-refractivity contribution >= 4 is 11.0 Å². The lowest BCUT2D eigenvalue weighted by atomic mass is 9.68. The van der Waals surface area contributed by atoms with Crippen LogP contribution in [0.25, 0.3) is 11.0 Å². The molecule has 156 valence electrons. The maximum Gasteiger partial charge on any atom is 0.437 e. The molecule has 0 saturated carbocycles. The Morgan fingerprint density at radius 2 is 1.83 bits per heavy atom. The molecule has 2 heterocycles. The van der Waals surface area contributed by atoms with Gasteiger partial charge in [-0.2, -0.15) is 13.2 Å². The minimum absolute atomic E-state index is 0.00109. The Bertz CT molecular complexity index is 1030. The number of aliphatic hydroxyl groups is 1. The number of hydrogen-bond donors (Lipinski definition) is 1. The third-order valence-electron chi connectivity index (χ3n) is 5.77.